The lowest BCUT2D eigenvalue weighted by atomic mass is 10.1. The van der Waals surface area contributed by atoms with Crippen molar-refractivity contribution in [3.63, 3.8) is 0 Å². The van der Waals surface area contributed by atoms with Gasteiger partial charge in [0, 0.05) is 10.9 Å². The van der Waals surface area contributed by atoms with Gasteiger partial charge >= 0.3 is 0 Å². The molecule has 0 bridgehead atoms. The minimum absolute atomic E-state index is 0.0482. The van der Waals surface area contributed by atoms with E-state index in [-0.39, 0.29) is 5.75 Å². The van der Waals surface area contributed by atoms with Crippen LogP contribution in [0.2, 0.25) is 0 Å². The lowest BCUT2D eigenvalue weighted by Gasteiger charge is -1.94. The molecule has 60 valence electrons. The predicted octanol–water partition coefficient (Wildman–Crippen LogP) is 1.08. The Labute approximate surface area is 67.8 Å². The van der Waals surface area contributed by atoms with Gasteiger partial charge in [-0.05, 0) is 12.1 Å². The number of H-pyrrole nitrogens is 1. The number of nitrogens with zero attached hydrogens (tertiary/aromatic N) is 1. The average molecular weight is 162 g/mol. The van der Waals surface area contributed by atoms with Crippen molar-refractivity contribution in [3.8, 4) is 5.75 Å². The van der Waals surface area contributed by atoms with E-state index < -0.39 is 0 Å². The molecule has 4 heteroatoms. The molecule has 0 radical (unpaired) electrons. The second kappa shape index (κ2) is 2.34. The first-order valence-electron chi connectivity index (χ1n) is 3.42. The second-order valence-corrected chi connectivity index (χ2v) is 2.49. The first-order chi connectivity index (χ1) is 5.81. The lowest BCUT2D eigenvalue weighted by molar-refractivity contribution is 0.112. The van der Waals surface area contributed by atoms with Crippen molar-refractivity contribution in [3.05, 3.63) is 23.9 Å². The number of aldehydes is 1. The fourth-order valence-electron chi connectivity index (χ4n) is 1.13. The van der Waals surface area contributed by atoms with Crippen molar-refractivity contribution >= 4 is 17.2 Å². The maximum Gasteiger partial charge on any atom is 0.150 e. The van der Waals surface area contributed by atoms with E-state index in [4.69, 9.17) is 0 Å². The predicted molar refractivity (Wildman–Crippen MR) is 43.1 cm³/mol. The zero-order valence-electron chi connectivity index (χ0n) is 6.11. The molecule has 0 amide bonds. The van der Waals surface area contributed by atoms with Gasteiger partial charge in [0.1, 0.15) is 17.6 Å². The molecule has 4 nitrogen and oxygen atoms in total. The van der Waals surface area contributed by atoms with Crippen LogP contribution in [0.4, 0.5) is 0 Å². The number of rotatable bonds is 1. The number of aromatic amines is 1. The van der Waals surface area contributed by atoms with Gasteiger partial charge in [-0.15, -0.1) is 0 Å². The molecular weight excluding hydrogens is 156 g/mol. The molecule has 0 spiro atoms. The second-order valence-electron chi connectivity index (χ2n) is 2.49. The minimum atomic E-state index is 0.0482. The summed E-state index contributed by atoms with van der Waals surface area (Å²) in [7, 11) is 0. The summed E-state index contributed by atoms with van der Waals surface area (Å²) in [6.45, 7) is 0. The van der Waals surface area contributed by atoms with E-state index >= 15 is 0 Å². The normalized spacial score (nSPS) is 10.3. The number of carbonyl (C=O) groups is 1. The molecule has 0 aliphatic heterocycles. The summed E-state index contributed by atoms with van der Waals surface area (Å²) < 4.78 is 0. The summed E-state index contributed by atoms with van der Waals surface area (Å²) in [5, 5.41) is 16.4. The fourth-order valence-corrected chi connectivity index (χ4v) is 1.13. The maximum atomic E-state index is 10.4. The number of phenols is 1. The molecule has 12 heavy (non-hydrogen) atoms. The molecule has 0 fully saturated rings. The summed E-state index contributed by atoms with van der Waals surface area (Å²) in [4.78, 5) is 10.4. The van der Waals surface area contributed by atoms with Crippen LogP contribution >= 0.6 is 0 Å². The van der Waals surface area contributed by atoms with E-state index in [1.807, 2.05) is 0 Å². The Bertz CT molecular complexity index is 434. The third-order valence-corrected chi connectivity index (χ3v) is 1.69. The quantitative estimate of drug-likeness (QED) is 0.616. The molecule has 0 aliphatic rings. The molecule has 0 saturated heterocycles. The Morgan fingerprint density at radius 3 is 3.08 bits per heavy atom. The van der Waals surface area contributed by atoms with Gasteiger partial charge in [-0.25, -0.2) is 0 Å². The molecule has 2 N–H and O–H groups in total. The number of hydrogen-bond donors (Lipinski definition) is 2. The number of nitrogens with one attached hydrogen (secondary N) is 1. The molecule has 0 saturated carbocycles. The molecule has 0 unspecified atom stereocenters. The Hall–Kier alpha value is -1.84. The number of fused-ring (bicyclic) bond motifs is 1. The summed E-state index contributed by atoms with van der Waals surface area (Å²) in [5.74, 6) is 0.0482. The molecule has 1 aromatic carbocycles. The molecule has 0 atom stereocenters. The van der Waals surface area contributed by atoms with Crippen LogP contribution in [0, 0.1) is 0 Å². The van der Waals surface area contributed by atoms with Crippen LogP contribution in [0.1, 0.15) is 10.4 Å². The van der Waals surface area contributed by atoms with Gasteiger partial charge in [0.15, 0.2) is 0 Å². The van der Waals surface area contributed by atoms with E-state index in [2.05, 4.69) is 10.2 Å². The number of aromatic nitrogens is 2. The zero-order chi connectivity index (χ0) is 8.55. The number of aromatic hydroxyl groups is 1. The van der Waals surface area contributed by atoms with Crippen LogP contribution in [0.3, 0.4) is 0 Å². The maximum absolute atomic E-state index is 10.4. The monoisotopic (exact) mass is 162 g/mol. The Morgan fingerprint density at radius 1 is 1.50 bits per heavy atom. The first kappa shape index (κ1) is 6.84. The van der Waals surface area contributed by atoms with Crippen molar-refractivity contribution < 1.29 is 9.90 Å². The molecule has 1 heterocycles. The van der Waals surface area contributed by atoms with E-state index in [0.717, 1.165) is 5.39 Å². The van der Waals surface area contributed by atoms with Crippen molar-refractivity contribution in [2.75, 3.05) is 0 Å². The summed E-state index contributed by atoms with van der Waals surface area (Å²) in [5.41, 5.74) is 1.00. The minimum Gasteiger partial charge on any atom is -0.506 e. The van der Waals surface area contributed by atoms with E-state index in [0.29, 0.717) is 17.4 Å². The molecular formula is C8H6N2O2. The summed E-state index contributed by atoms with van der Waals surface area (Å²) >= 11 is 0. The largest absolute Gasteiger partial charge is 0.506 e. The van der Waals surface area contributed by atoms with Gasteiger partial charge in [-0.2, -0.15) is 5.10 Å². The van der Waals surface area contributed by atoms with Crippen LogP contribution in [0.25, 0.3) is 10.9 Å². The van der Waals surface area contributed by atoms with Gasteiger partial charge in [0.2, 0.25) is 0 Å². The third-order valence-electron chi connectivity index (χ3n) is 1.69. The Balaban J connectivity index is 2.83. The van der Waals surface area contributed by atoms with E-state index in [1.54, 1.807) is 12.3 Å². The van der Waals surface area contributed by atoms with Gasteiger partial charge < -0.3 is 5.11 Å². The Kier molecular flexibility index (Phi) is 1.33. The van der Waals surface area contributed by atoms with Crippen molar-refractivity contribution in [1.82, 2.24) is 10.2 Å². The molecule has 0 aliphatic carbocycles. The highest BCUT2D eigenvalue weighted by Crippen LogP contribution is 2.22. The highest BCUT2D eigenvalue weighted by molar-refractivity contribution is 5.90. The van der Waals surface area contributed by atoms with Gasteiger partial charge in [0.05, 0.1) is 6.20 Å². The van der Waals surface area contributed by atoms with Crippen LogP contribution in [0.5, 0.6) is 5.75 Å². The number of benzene rings is 1. The van der Waals surface area contributed by atoms with E-state index in [1.165, 1.54) is 6.07 Å². The number of phenolic OH excluding ortho intramolecular Hbond substituents is 1. The summed E-state index contributed by atoms with van der Waals surface area (Å²) in [6, 6.07) is 3.05. The number of hydrogen-bond acceptors (Lipinski definition) is 3. The Morgan fingerprint density at radius 2 is 2.33 bits per heavy atom. The average Bonchev–Trinajstić information content (AvgIpc) is 2.52. The topological polar surface area (TPSA) is 66.0 Å². The van der Waals surface area contributed by atoms with Crippen LogP contribution in [0.15, 0.2) is 18.3 Å². The smallest absolute Gasteiger partial charge is 0.150 e. The molecule has 1 aromatic heterocycles. The lowest BCUT2D eigenvalue weighted by Crippen LogP contribution is -1.79. The fraction of sp³-hybridized carbons (Fsp3) is 0. The van der Waals surface area contributed by atoms with Crippen molar-refractivity contribution in [2.24, 2.45) is 0 Å². The van der Waals surface area contributed by atoms with E-state index in [9.17, 15) is 9.90 Å². The molecule has 2 aromatic rings. The van der Waals surface area contributed by atoms with Crippen LogP contribution in [-0.4, -0.2) is 21.6 Å². The van der Waals surface area contributed by atoms with Gasteiger partial charge in [-0.3, -0.25) is 9.89 Å². The standard InChI is InChI=1S/C8H6N2O2/c11-4-5-1-6-3-9-10-8(6)7(12)2-5/h1-4,12H,(H,9,10). The van der Waals surface area contributed by atoms with Gasteiger partial charge in [0.25, 0.3) is 0 Å². The van der Waals surface area contributed by atoms with Crippen LogP contribution < -0.4 is 0 Å². The van der Waals surface area contributed by atoms with Crippen molar-refractivity contribution in [1.29, 1.82) is 0 Å². The zero-order valence-corrected chi connectivity index (χ0v) is 6.11. The highest BCUT2D eigenvalue weighted by atomic mass is 16.3. The molecule has 2 rings (SSSR count). The first-order valence-corrected chi connectivity index (χ1v) is 3.42. The summed E-state index contributed by atoms with van der Waals surface area (Å²) in [6.07, 6.45) is 2.24. The van der Waals surface area contributed by atoms with Crippen molar-refractivity contribution in [2.45, 2.75) is 0 Å². The van der Waals surface area contributed by atoms with Gasteiger partial charge in [-0.1, -0.05) is 0 Å². The SMILES string of the molecule is O=Cc1cc(O)c2[nH]ncc2c1. The van der Waals surface area contributed by atoms with Crippen LogP contribution in [-0.2, 0) is 0 Å². The highest BCUT2D eigenvalue weighted by Gasteiger charge is 2.03. The number of carbonyl (C=O) groups excluding carboxylic acids is 1. The third kappa shape index (κ3) is 0.852.